The lowest BCUT2D eigenvalue weighted by molar-refractivity contribution is 0.352. The van der Waals surface area contributed by atoms with Gasteiger partial charge in [-0.15, -0.1) is 0 Å². The van der Waals surface area contributed by atoms with Crippen molar-refractivity contribution < 1.29 is 4.74 Å². The highest BCUT2D eigenvalue weighted by atomic mass is 16.5. The molecule has 106 valence electrons. The molecule has 0 saturated carbocycles. The summed E-state index contributed by atoms with van der Waals surface area (Å²) in [4.78, 5) is 0. The summed E-state index contributed by atoms with van der Waals surface area (Å²) >= 11 is 0. The Morgan fingerprint density at radius 1 is 1.05 bits per heavy atom. The van der Waals surface area contributed by atoms with E-state index in [1.54, 1.807) is 0 Å². The molecule has 0 fully saturated rings. The minimum atomic E-state index is 0.530. The average molecular weight is 276 g/mol. The summed E-state index contributed by atoms with van der Waals surface area (Å²) in [6.45, 7) is 6.33. The molecule has 2 rings (SSSR count). The monoisotopic (exact) mass is 276 g/mol. The molecule has 0 N–H and O–H groups in total. The van der Waals surface area contributed by atoms with Gasteiger partial charge >= 0.3 is 0 Å². The van der Waals surface area contributed by atoms with E-state index in [1.165, 1.54) is 5.56 Å². The quantitative estimate of drug-likeness (QED) is 0.571. The van der Waals surface area contributed by atoms with E-state index in [4.69, 9.17) is 4.74 Å². The van der Waals surface area contributed by atoms with E-state index in [0.717, 1.165) is 29.7 Å². The van der Waals surface area contributed by atoms with Crippen LogP contribution in [0, 0.1) is 11.8 Å². The Morgan fingerprint density at radius 2 is 1.76 bits per heavy atom. The van der Waals surface area contributed by atoms with Gasteiger partial charge in [-0.05, 0) is 36.6 Å². The van der Waals surface area contributed by atoms with Crippen molar-refractivity contribution in [1.29, 1.82) is 0 Å². The molecule has 0 radical (unpaired) electrons. The van der Waals surface area contributed by atoms with E-state index >= 15 is 0 Å². The minimum absolute atomic E-state index is 0.530. The zero-order valence-electron chi connectivity index (χ0n) is 12.4. The fourth-order valence-corrected chi connectivity index (χ4v) is 1.91. The van der Waals surface area contributed by atoms with E-state index in [-0.39, 0.29) is 0 Å². The second-order valence-electron chi connectivity index (χ2n) is 5.03. The van der Waals surface area contributed by atoms with Crippen LogP contribution in [0.5, 0.6) is 5.75 Å². The van der Waals surface area contributed by atoms with Gasteiger partial charge in [0.15, 0.2) is 0 Å². The number of hydrogen-bond acceptors (Lipinski definition) is 1. The maximum absolute atomic E-state index is 5.71. The molecule has 0 spiro atoms. The third-order valence-electron chi connectivity index (χ3n) is 2.97. The lowest BCUT2D eigenvalue weighted by Gasteiger charge is -2.07. The van der Waals surface area contributed by atoms with Crippen molar-refractivity contribution in [3.8, 4) is 17.6 Å². The first-order valence-corrected chi connectivity index (χ1v) is 7.15. The number of benzene rings is 2. The number of ether oxygens (including phenoxy) is 1. The fraction of sp³-hybridized carbons (Fsp3) is 0.200. The number of hydrogen-bond donors (Lipinski definition) is 0. The van der Waals surface area contributed by atoms with E-state index in [9.17, 15) is 0 Å². The minimum Gasteiger partial charge on any atom is -0.488 e. The molecule has 0 amide bonds. The van der Waals surface area contributed by atoms with Crippen molar-refractivity contribution in [3.05, 3.63) is 77.9 Å². The van der Waals surface area contributed by atoms with Crippen LogP contribution in [0.25, 0.3) is 0 Å². The summed E-state index contributed by atoms with van der Waals surface area (Å²) in [5.41, 5.74) is 3.26. The average Bonchev–Trinajstić information content (AvgIpc) is 2.51. The summed E-state index contributed by atoms with van der Waals surface area (Å²) < 4.78 is 5.71. The van der Waals surface area contributed by atoms with Gasteiger partial charge in [-0.25, -0.2) is 0 Å². The zero-order valence-corrected chi connectivity index (χ0v) is 12.4. The largest absolute Gasteiger partial charge is 0.488 e. The zero-order chi connectivity index (χ0) is 14.9. The second kappa shape index (κ2) is 7.97. The molecule has 0 bridgehead atoms. The molecule has 0 aliphatic rings. The molecule has 0 heterocycles. The molecule has 2 aromatic carbocycles. The second-order valence-corrected chi connectivity index (χ2v) is 5.03. The maximum atomic E-state index is 5.71. The third-order valence-corrected chi connectivity index (χ3v) is 2.97. The lowest BCUT2D eigenvalue weighted by atomic mass is 10.1. The molecule has 0 atom stereocenters. The first-order valence-electron chi connectivity index (χ1n) is 7.15. The van der Waals surface area contributed by atoms with E-state index in [1.807, 2.05) is 37.3 Å². The Morgan fingerprint density at radius 3 is 2.52 bits per heavy atom. The predicted molar refractivity (Wildman–Crippen MR) is 88.4 cm³/mol. The van der Waals surface area contributed by atoms with Gasteiger partial charge in [0.05, 0.1) is 5.56 Å². The van der Waals surface area contributed by atoms with E-state index < -0.39 is 0 Å². The Kier molecular flexibility index (Phi) is 5.67. The Balaban J connectivity index is 1.96. The molecule has 21 heavy (non-hydrogen) atoms. The summed E-state index contributed by atoms with van der Waals surface area (Å²) in [6, 6.07) is 18.3. The topological polar surface area (TPSA) is 9.23 Å². The van der Waals surface area contributed by atoms with Crippen LogP contribution >= 0.6 is 0 Å². The standard InChI is InChI=1S/C20H20O/c1-17(2)16-21-20-15-9-8-14-19(20)13-7-6-12-18-10-4-3-5-11-18/h3-5,8-11,14-15H,1,6,12,16H2,2H3. The molecule has 1 nitrogen and oxygen atoms in total. The van der Waals surface area contributed by atoms with E-state index in [0.29, 0.717) is 6.61 Å². The Labute approximate surface area is 127 Å². The van der Waals surface area contributed by atoms with E-state index in [2.05, 4.69) is 42.7 Å². The highest BCUT2D eigenvalue weighted by Crippen LogP contribution is 2.17. The normalized spacial score (nSPS) is 9.57. The summed E-state index contributed by atoms with van der Waals surface area (Å²) in [5, 5.41) is 0. The van der Waals surface area contributed by atoms with Crippen LogP contribution in [0.15, 0.2) is 66.7 Å². The Hall–Kier alpha value is -2.46. The number of aryl methyl sites for hydroxylation is 1. The number of para-hydroxylation sites is 1. The SMILES string of the molecule is C=C(C)COc1ccccc1C#CCCc1ccccc1. The summed E-state index contributed by atoms with van der Waals surface area (Å²) in [5.74, 6) is 7.25. The van der Waals surface area contributed by atoms with Crippen LogP contribution in [0.2, 0.25) is 0 Å². The van der Waals surface area contributed by atoms with Gasteiger partial charge in [0.1, 0.15) is 12.4 Å². The van der Waals surface area contributed by atoms with Crippen molar-refractivity contribution in [2.75, 3.05) is 6.61 Å². The summed E-state index contributed by atoms with van der Waals surface area (Å²) in [7, 11) is 0. The van der Waals surface area contributed by atoms with Crippen LogP contribution in [-0.2, 0) is 6.42 Å². The molecule has 0 saturated heterocycles. The molecular formula is C20H20O. The van der Waals surface area contributed by atoms with Gasteiger partial charge < -0.3 is 4.74 Å². The molecular weight excluding hydrogens is 256 g/mol. The molecule has 0 aliphatic heterocycles. The van der Waals surface area contributed by atoms with Crippen LogP contribution in [0.4, 0.5) is 0 Å². The Bertz CT molecular complexity index is 644. The highest BCUT2D eigenvalue weighted by molar-refractivity contribution is 5.46. The molecule has 2 aromatic rings. The lowest BCUT2D eigenvalue weighted by Crippen LogP contribution is -1.99. The highest BCUT2D eigenvalue weighted by Gasteiger charge is 1.99. The van der Waals surface area contributed by atoms with Crippen LogP contribution in [0.3, 0.4) is 0 Å². The van der Waals surface area contributed by atoms with Gasteiger partial charge in [0.25, 0.3) is 0 Å². The van der Waals surface area contributed by atoms with Gasteiger partial charge in [0, 0.05) is 6.42 Å². The van der Waals surface area contributed by atoms with Crippen molar-refractivity contribution in [2.45, 2.75) is 19.8 Å². The first-order chi connectivity index (χ1) is 10.3. The summed E-state index contributed by atoms with van der Waals surface area (Å²) in [6.07, 6.45) is 1.82. The molecule has 1 heteroatoms. The van der Waals surface area contributed by atoms with Crippen LogP contribution in [-0.4, -0.2) is 6.61 Å². The molecule has 0 aliphatic carbocycles. The molecule has 0 aromatic heterocycles. The van der Waals surface area contributed by atoms with Crippen molar-refractivity contribution in [2.24, 2.45) is 0 Å². The van der Waals surface area contributed by atoms with Gasteiger partial charge in [-0.2, -0.15) is 0 Å². The van der Waals surface area contributed by atoms with Gasteiger partial charge in [0.2, 0.25) is 0 Å². The maximum Gasteiger partial charge on any atom is 0.135 e. The number of rotatable bonds is 5. The van der Waals surface area contributed by atoms with Crippen molar-refractivity contribution in [1.82, 2.24) is 0 Å². The smallest absolute Gasteiger partial charge is 0.135 e. The van der Waals surface area contributed by atoms with Crippen LogP contribution < -0.4 is 4.74 Å². The van der Waals surface area contributed by atoms with Gasteiger partial charge in [-0.3, -0.25) is 0 Å². The van der Waals surface area contributed by atoms with Crippen molar-refractivity contribution in [3.63, 3.8) is 0 Å². The predicted octanol–water partition coefficient (Wildman–Crippen LogP) is 4.63. The van der Waals surface area contributed by atoms with Crippen molar-refractivity contribution >= 4 is 0 Å². The third kappa shape index (κ3) is 5.20. The first kappa shape index (κ1) is 14.9. The molecule has 0 unspecified atom stereocenters. The van der Waals surface area contributed by atoms with Gasteiger partial charge in [-0.1, -0.05) is 60.9 Å². The van der Waals surface area contributed by atoms with Crippen LogP contribution in [0.1, 0.15) is 24.5 Å². The fourth-order valence-electron chi connectivity index (χ4n) is 1.91.